The van der Waals surface area contributed by atoms with Gasteiger partial charge in [-0.05, 0) is 30.8 Å². The fourth-order valence-electron chi connectivity index (χ4n) is 4.11. The summed E-state index contributed by atoms with van der Waals surface area (Å²) in [5.41, 5.74) is 1.81. The van der Waals surface area contributed by atoms with Crippen LogP contribution in [-0.4, -0.2) is 59.0 Å². The van der Waals surface area contributed by atoms with Crippen LogP contribution in [0.15, 0.2) is 22.8 Å². The van der Waals surface area contributed by atoms with Crippen molar-refractivity contribution in [3.63, 3.8) is 0 Å². The Morgan fingerprint density at radius 2 is 1.83 bits per heavy atom. The van der Waals surface area contributed by atoms with Crippen molar-refractivity contribution in [1.82, 2.24) is 15.1 Å². The molecule has 0 aromatic heterocycles. The summed E-state index contributed by atoms with van der Waals surface area (Å²) >= 11 is 0. The molecule has 2 atom stereocenters. The number of amides is 5. The Bertz CT molecular complexity index is 854. The highest BCUT2D eigenvalue weighted by Gasteiger charge is 2.43. The first-order valence-corrected chi connectivity index (χ1v) is 10.00. The van der Waals surface area contributed by atoms with Crippen LogP contribution in [0.2, 0.25) is 0 Å². The molecule has 0 aromatic rings. The number of carbonyl (C=O) groups excluding carboxylic acids is 5. The summed E-state index contributed by atoms with van der Waals surface area (Å²) in [5, 5.41) is 2.73. The Kier molecular flexibility index (Phi) is 5.73. The fourth-order valence-corrected chi connectivity index (χ4v) is 4.11. The smallest absolute Gasteiger partial charge is 0.257 e. The molecule has 0 spiro atoms. The molecule has 5 amide bonds. The predicted octanol–water partition coefficient (Wildman–Crippen LogP) is 0.785. The van der Waals surface area contributed by atoms with E-state index in [4.69, 9.17) is 0 Å². The maximum Gasteiger partial charge on any atom is 0.257 e. The van der Waals surface area contributed by atoms with Crippen molar-refractivity contribution < 1.29 is 24.0 Å². The summed E-state index contributed by atoms with van der Waals surface area (Å²) in [4.78, 5) is 64.2. The van der Waals surface area contributed by atoms with E-state index >= 15 is 0 Å². The first kappa shape index (κ1) is 21.0. The first-order valence-electron chi connectivity index (χ1n) is 10.00. The average molecular weight is 401 g/mol. The maximum absolute atomic E-state index is 12.9. The molecular formula is C21H27N3O5. The zero-order valence-electron chi connectivity index (χ0n) is 17.3. The number of likely N-dealkylation sites (tertiary alicyclic amines) is 1. The minimum Gasteiger partial charge on any atom is -0.352 e. The third-order valence-corrected chi connectivity index (χ3v) is 5.94. The lowest BCUT2D eigenvalue weighted by Gasteiger charge is -2.24. The molecule has 8 nitrogen and oxygen atoms in total. The van der Waals surface area contributed by atoms with E-state index in [1.807, 2.05) is 13.8 Å². The number of rotatable bonds is 6. The van der Waals surface area contributed by atoms with Gasteiger partial charge in [-0.25, -0.2) is 0 Å². The number of nitrogens with one attached hydrogen (secondary N) is 1. The van der Waals surface area contributed by atoms with Gasteiger partial charge in [0.15, 0.2) is 0 Å². The molecule has 2 fully saturated rings. The topological polar surface area (TPSA) is 104 Å². The van der Waals surface area contributed by atoms with Gasteiger partial charge in [0.25, 0.3) is 11.8 Å². The van der Waals surface area contributed by atoms with Crippen molar-refractivity contribution in [2.75, 3.05) is 19.6 Å². The number of nitrogens with zero attached hydrogens (tertiary/aromatic N) is 2. The number of hydrogen-bond acceptors (Lipinski definition) is 5. The summed E-state index contributed by atoms with van der Waals surface area (Å²) in [6.45, 7) is 8.01. The van der Waals surface area contributed by atoms with E-state index in [0.29, 0.717) is 29.7 Å². The molecule has 1 N–H and O–H groups in total. The van der Waals surface area contributed by atoms with Gasteiger partial charge in [-0.15, -0.1) is 0 Å². The molecule has 3 aliphatic heterocycles. The SMILES string of the molecule is C/C(CN1C(=O)CC(C(C)CN2C(=O)C=C(C(C)C)C2=O)C1=O)=C1/CCNC1=O. The van der Waals surface area contributed by atoms with Crippen LogP contribution < -0.4 is 5.32 Å². The van der Waals surface area contributed by atoms with Crippen molar-refractivity contribution >= 4 is 29.5 Å². The van der Waals surface area contributed by atoms with E-state index in [0.717, 1.165) is 4.90 Å². The van der Waals surface area contributed by atoms with Crippen LogP contribution in [0.25, 0.3) is 0 Å². The monoisotopic (exact) mass is 401 g/mol. The van der Waals surface area contributed by atoms with Gasteiger partial charge in [0.2, 0.25) is 17.7 Å². The molecule has 8 heteroatoms. The highest BCUT2D eigenvalue weighted by atomic mass is 16.2. The van der Waals surface area contributed by atoms with Gasteiger partial charge in [-0.1, -0.05) is 20.8 Å². The summed E-state index contributed by atoms with van der Waals surface area (Å²) < 4.78 is 0. The molecule has 3 heterocycles. The van der Waals surface area contributed by atoms with Crippen molar-refractivity contribution in [2.24, 2.45) is 17.8 Å². The summed E-state index contributed by atoms with van der Waals surface area (Å²) in [5.74, 6) is -2.41. The lowest BCUT2D eigenvalue weighted by atomic mass is 9.92. The van der Waals surface area contributed by atoms with Crippen molar-refractivity contribution in [3.05, 3.63) is 22.8 Å². The second-order valence-corrected chi connectivity index (χ2v) is 8.38. The van der Waals surface area contributed by atoms with E-state index in [1.165, 1.54) is 11.0 Å². The van der Waals surface area contributed by atoms with Crippen molar-refractivity contribution in [1.29, 1.82) is 0 Å². The second-order valence-electron chi connectivity index (χ2n) is 8.38. The van der Waals surface area contributed by atoms with Crippen LogP contribution in [-0.2, 0) is 24.0 Å². The third kappa shape index (κ3) is 3.88. The molecular weight excluding hydrogens is 374 g/mol. The van der Waals surface area contributed by atoms with E-state index in [1.54, 1.807) is 13.8 Å². The first-order chi connectivity index (χ1) is 13.6. The molecule has 29 heavy (non-hydrogen) atoms. The van der Waals surface area contributed by atoms with Gasteiger partial charge in [0.05, 0.1) is 12.5 Å². The molecule has 3 aliphatic rings. The Labute approximate surface area is 170 Å². The largest absolute Gasteiger partial charge is 0.352 e. The number of carbonyl (C=O) groups is 5. The summed E-state index contributed by atoms with van der Waals surface area (Å²) in [6, 6.07) is 0. The molecule has 156 valence electrons. The third-order valence-electron chi connectivity index (χ3n) is 5.94. The molecule has 3 rings (SSSR count). The summed E-state index contributed by atoms with van der Waals surface area (Å²) in [6.07, 6.45) is 2.00. The molecule has 0 saturated carbocycles. The quantitative estimate of drug-likeness (QED) is 0.523. The zero-order valence-corrected chi connectivity index (χ0v) is 17.3. The standard InChI is InChI=1S/C21H27N3O5/c1-11(2)15-7-17(25)23(20(15)28)10-13(4)16-8-18(26)24(21(16)29)9-12(3)14-5-6-22-19(14)27/h7,11,13,16H,5-6,8-10H2,1-4H3,(H,22,27)/b14-12+. The van der Waals surface area contributed by atoms with Crippen LogP contribution in [0.1, 0.15) is 40.5 Å². The highest BCUT2D eigenvalue weighted by molar-refractivity contribution is 6.16. The van der Waals surface area contributed by atoms with E-state index in [2.05, 4.69) is 5.32 Å². The Morgan fingerprint density at radius 3 is 2.38 bits per heavy atom. The van der Waals surface area contributed by atoms with Crippen molar-refractivity contribution in [3.8, 4) is 0 Å². The van der Waals surface area contributed by atoms with E-state index < -0.39 is 5.92 Å². The average Bonchev–Trinajstić information content (AvgIpc) is 3.29. The van der Waals surface area contributed by atoms with E-state index in [-0.39, 0.29) is 60.9 Å². The minimum absolute atomic E-state index is 0.0511. The molecule has 0 aliphatic carbocycles. The Hall–Kier alpha value is -2.77. The van der Waals surface area contributed by atoms with Crippen LogP contribution in [0.4, 0.5) is 0 Å². The van der Waals surface area contributed by atoms with Gasteiger partial charge in [-0.3, -0.25) is 33.8 Å². The number of hydrogen-bond donors (Lipinski definition) is 1. The van der Waals surface area contributed by atoms with Gasteiger partial charge in [0, 0.05) is 36.7 Å². The molecule has 0 radical (unpaired) electrons. The number of imide groups is 2. The van der Waals surface area contributed by atoms with Gasteiger partial charge < -0.3 is 5.32 Å². The van der Waals surface area contributed by atoms with Crippen LogP contribution in [0, 0.1) is 17.8 Å². The highest BCUT2D eigenvalue weighted by Crippen LogP contribution is 2.30. The lowest BCUT2D eigenvalue weighted by molar-refractivity contribution is -0.142. The second kappa shape index (κ2) is 7.93. The minimum atomic E-state index is -0.582. The maximum atomic E-state index is 12.9. The molecule has 2 unspecified atom stereocenters. The Morgan fingerprint density at radius 1 is 1.14 bits per heavy atom. The van der Waals surface area contributed by atoms with Crippen LogP contribution in [0.5, 0.6) is 0 Å². The normalized spacial score (nSPS) is 25.3. The van der Waals surface area contributed by atoms with Crippen LogP contribution >= 0.6 is 0 Å². The predicted molar refractivity (Wildman–Crippen MR) is 104 cm³/mol. The summed E-state index contributed by atoms with van der Waals surface area (Å²) in [7, 11) is 0. The molecule has 0 bridgehead atoms. The van der Waals surface area contributed by atoms with Crippen LogP contribution in [0.3, 0.4) is 0 Å². The van der Waals surface area contributed by atoms with Gasteiger partial charge in [-0.2, -0.15) is 0 Å². The Balaban J connectivity index is 1.67. The molecule has 0 aromatic carbocycles. The van der Waals surface area contributed by atoms with E-state index in [9.17, 15) is 24.0 Å². The molecule has 2 saturated heterocycles. The van der Waals surface area contributed by atoms with Gasteiger partial charge in [0.1, 0.15) is 0 Å². The fraction of sp³-hybridized carbons (Fsp3) is 0.571. The van der Waals surface area contributed by atoms with Crippen molar-refractivity contribution in [2.45, 2.75) is 40.5 Å². The van der Waals surface area contributed by atoms with Gasteiger partial charge >= 0.3 is 0 Å². The lowest BCUT2D eigenvalue weighted by Crippen LogP contribution is -2.39. The zero-order chi connectivity index (χ0) is 21.5.